The summed E-state index contributed by atoms with van der Waals surface area (Å²) in [4.78, 5) is 26.4. The first-order valence-corrected chi connectivity index (χ1v) is 10.5. The Balaban J connectivity index is 1.93. The van der Waals surface area contributed by atoms with Crippen molar-refractivity contribution in [1.82, 2.24) is 10.2 Å². The molecular weight excluding hydrogens is 507 g/mol. The summed E-state index contributed by atoms with van der Waals surface area (Å²) in [5.74, 6) is -5.06. The maximum Gasteiger partial charge on any atom is 0.337 e. The molecule has 0 radical (unpaired) electrons. The number of nitrogens with one attached hydrogen (secondary N) is 2. The second-order valence-corrected chi connectivity index (χ2v) is 8.66. The quantitative estimate of drug-likeness (QED) is 0.508. The molecule has 1 aliphatic heterocycles. The normalized spacial score (nSPS) is 15.1. The maximum atomic E-state index is 14.9. The number of hydrogen-bond acceptors (Lipinski definition) is 4. The number of carbonyl (C=O) groups excluding carboxylic acids is 1. The highest BCUT2D eigenvalue weighted by molar-refractivity contribution is 14.1. The monoisotopic (exact) mass is 529 g/mol. The standard InChI is InChI=1S/C21H22F2IN3O3/c1-11-9-12(24)3-4-16(11)26-19-15(21(29)30)10-14(17(22)18(19)23)20(28)25-13-5-7-27(2)8-6-13/h3-4,9-10,13,26H,5-8H2,1-2H3,(H,25,28)(H,29,30). The van der Waals surface area contributed by atoms with Crippen LogP contribution < -0.4 is 10.6 Å². The van der Waals surface area contributed by atoms with Crippen molar-refractivity contribution in [2.45, 2.75) is 25.8 Å². The van der Waals surface area contributed by atoms with Crippen molar-refractivity contribution >= 4 is 45.8 Å². The average molecular weight is 529 g/mol. The Kier molecular flexibility index (Phi) is 6.91. The molecule has 3 rings (SSSR count). The summed E-state index contributed by atoms with van der Waals surface area (Å²) in [7, 11) is 1.97. The lowest BCUT2D eigenvalue weighted by Gasteiger charge is -2.29. The van der Waals surface area contributed by atoms with Gasteiger partial charge < -0.3 is 20.6 Å². The van der Waals surface area contributed by atoms with Crippen LogP contribution in [-0.2, 0) is 0 Å². The van der Waals surface area contributed by atoms with Crippen molar-refractivity contribution < 1.29 is 23.5 Å². The Labute approximate surface area is 186 Å². The number of nitrogens with zero attached hydrogens (tertiary/aromatic N) is 1. The molecule has 1 aliphatic rings. The van der Waals surface area contributed by atoms with E-state index in [1.165, 1.54) is 0 Å². The number of halogens is 3. The fourth-order valence-electron chi connectivity index (χ4n) is 3.40. The molecule has 1 heterocycles. The van der Waals surface area contributed by atoms with Crippen molar-refractivity contribution in [3.8, 4) is 0 Å². The van der Waals surface area contributed by atoms with Gasteiger partial charge in [-0.05, 0) is 92.3 Å². The number of hydrogen-bond donors (Lipinski definition) is 3. The van der Waals surface area contributed by atoms with E-state index in [9.17, 15) is 23.5 Å². The topological polar surface area (TPSA) is 81.7 Å². The van der Waals surface area contributed by atoms with Crippen LogP contribution in [0, 0.1) is 22.1 Å². The van der Waals surface area contributed by atoms with Crippen LogP contribution in [0.15, 0.2) is 24.3 Å². The zero-order chi connectivity index (χ0) is 22.0. The first-order valence-electron chi connectivity index (χ1n) is 9.45. The van der Waals surface area contributed by atoms with Crippen LogP contribution in [-0.4, -0.2) is 48.1 Å². The molecule has 0 aliphatic carbocycles. The molecule has 0 bridgehead atoms. The van der Waals surface area contributed by atoms with E-state index < -0.39 is 40.3 Å². The minimum absolute atomic E-state index is 0.170. The van der Waals surface area contributed by atoms with Gasteiger partial charge in [0.05, 0.1) is 16.8 Å². The van der Waals surface area contributed by atoms with Crippen LogP contribution >= 0.6 is 22.6 Å². The Morgan fingerprint density at radius 1 is 1.13 bits per heavy atom. The van der Waals surface area contributed by atoms with Gasteiger partial charge in [0.1, 0.15) is 0 Å². The number of benzene rings is 2. The van der Waals surface area contributed by atoms with E-state index in [-0.39, 0.29) is 6.04 Å². The Hall–Kier alpha value is -2.27. The number of likely N-dealkylation sites (tertiary alicyclic amines) is 1. The largest absolute Gasteiger partial charge is 0.478 e. The lowest BCUT2D eigenvalue weighted by Crippen LogP contribution is -2.43. The number of rotatable bonds is 5. The number of anilines is 2. The molecule has 30 heavy (non-hydrogen) atoms. The number of piperidine rings is 1. The van der Waals surface area contributed by atoms with Crippen LogP contribution in [0.2, 0.25) is 0 Å². The van der Waals surface area contributed by atoms with Gasteiger partial charge in [-0.25, -0.2) is 13.6 Å². The van der Waals surface area contributed by atoms with E-state index in [0.29, 0.717) is 18.5 Å². The molecule has 3 N–H and O–H groups in total. The SMILES string of the molecule is Cc1cc(I)ccc1Nc1c(C(=O)O)cc(C(=O)NC2CCN(C)CC2)c(F)c1F. The van der Waals surface area contributed by atoms with Gasteiger partial charge in [0.2, 0.25) is 0 Å². The molecule has 0 aromatic heterocycles. The molecule has 160 valence electrons. The third-order valence-electron chi connectivity index (χ3n) is 5.18. The minimum atomic E-state index is -1.46. The van der Waals surface area contributed by atoms with Gasteiger partial charge in [-0.15, -0.1) is 0 Å². The molecule has 0 saturated carbocycles. The summed E-state index contributed by atoms with van der Waals surface area (Å²) in [5, 5.41) is 14.9. The highest BCUT2D eigenvalue weighted by Gasteiger charge is 2.27. The third-order valence-corrected chi connectivity index (χ3v) is 5.85. The van der Waals surface area contributed by atoms with Crippen molar-refractivity contribution in [2.75, 3.05) is 25.5 Å². The molecule has 1 amide bonds. The van der Waals surface area contributed by atoms with Crippen molar-refractivity contribution in [3.63, 3.8) is 0 Å². The predicted octanol–water partition coefficient (Wildman–Crippen LogP) is 4.14. The van der Waals surface area contributed by atoms with E-state index in [2.05, 4.69) is 38.1 Å². The zero-order valence-electron chi connectivity index (χ0n) is 16.6. The van der Waals surface area contributed by atoms with Crippen LogP contribution in [0.3, 0.4) is 0 Å². The van der Waals surface area contributed by atoms with Crippen molar-refractivity contribution in [2.24, 2.45) is 0 Å². The fraction of sp³-hybridized carbons (Fsp3) is 0.333. The predicted molar refractivity (Wildman–Crippen MR) is 118 cm³/mol. The maximum absolute atomic E-state index is 14.9. The highest BCUT2D eigenvalue weighted by Crippen LogP contribution is 2.31. The second kappa shape index (κ2) is 9.25. The summed E-state index contributed by atoms with van der Waals surface area (Å²) in [6.07, 6.45) is 1.37. The van der Waals surface area contributed by atoms with E-state index in [0.717, 1.165) is 28.3 Å². The molecule has 1 fully saturated rings. The summed E-state index contributed by atoms with van der Waals surface area (Å²) >= 11 is 2.11. The molecule has 2 aromatic carbocycles. The van der Waals surface area contributed by atoms with E-state index in [4.69, 9.17) is 0 Å². The summed E-state index contributed by atoms with van der Waals surface area (Å²) < 4.78 is 30.6. The van der Waals surface area contributed by atoms with Gasteiger partial charge in [-0.1, -0.05) is 0 Å². The van der Waals surface area contributed by atoms with E-state index in [1.807, 2.05) is 13.1 Å². The molecule has 9 heteroatoms. The summed E-state index contributed by atoms with van der Waals surface area (Å²) in [6.45, 7) is 3.32. The average Bonchev–Trinajstić information content (AvgIpc) is 2.68. The summed E-state index contributed by atoms with van der Waals surface area (Å²) in [5.41, 5.74) is -0.462. The van der Waals surface area contributed by atoms with Gasteiger partial charge in [-0.2, -0.15) is 0 Å². The van der Waals surface area contributed by atoms with Crippen molar-refractivity contribution in [1.29, 1.82) is 0 Å². The molecule has 0 spiro atoms. The van der Waals surface area contributed by atoms with Crippen LogP contribution in [0.4, 0.5) is 20.2 Å². The Morgan fingerprint density at radius 3 is 2.40 bits per heavy atom. The number of aromatic carboxylic acids is 1. The van der Waals surface area contributed by atoms with Gasteiger partial charge >= 0.3 is 5.97 Å². The second-order valence-electron chi connectivity index (χ2n) is 7.42. The molecular formula is C21H22F2IN3O3. The van der Waals surface area contributed by atoms with Gasteiger partial charge in [0.25, 0.3) is 5.91 Å². The number of carboxylic acid groups (broad SMARTS) is 1. The number of amides is 1. The van der Waals surface area contributed by atoms with Gasteiger partial charge in [0.15, 0.2) is 11.6 Å². The lowest BCUT2D eigenvalue weighted by molar-refractivity contribution is 0.0697. The molecule has 6 nitrogen and oxygen atoms in total. The summed E-state index contributed by atoms with van der Waals surface area (Å²) in [6, 6.07) is 5.95. The zero-order valence-corrected chi connectivity index (χ0v) is 18.7. The molecule has 0 unspecified atom stereocenters. The van der Waals surface area contributed by atoms with Crippen LogP contribution in [0.1, 0.15) is 39.1 Å². The molecule has 2 aromatic rings. The number of carboxylic acids is 1. The fourth-order valence-corrected chi connectivity index (χ4v) is 4.05. The number of carbonyl (C=O) groups is 2. The molecule has 1 saturated heterocycles. The third kappa shape index (κ3) is 4.89. The van der Waals surface area contributed by atoms with E-state index in [1.54, 1.807) is 19.1 Å². The Bertz CT molecular complexity index is 992. The molecule has 0 atom stereocenters. The van der Waals surface area contributed by atoms with Gasteiger partial charge in [0, 0.05) is 15.3 Å². The lowest BCUT2D eigenvalue weighted by atomic mass is 10.0. The first kappa shape index (κ1) is 22.4. The van der Waals surface area contributed by atoms with Gasteiger partial charge in [-0.3, -0.25) is 4.79 Å². The van der Waals surface area contributed by atoms with E-state index >= 15 is 0 Å². The smallest absolute Gasteiger partial charge is 0.337 e. The van der Waals surface area contributed by atoms with Crippen LogP contribution in [0.25, 0.3) is 0 Å². The van der Waals surface area contributed by atoms with Crippen molar-refractivity contribution in [3.05, 3.63) is 56.2 Å². The number of aryl methyl sites for hydroxylation is 1. The highest BCUT2D eigenvalue weighted by atomic mass is 127. The van der Waals surface area contributed by atoms with Crippen LogP contribution in [0.5, 0.6) is 0 Å². The Morgan fingerprint density at radius 2 is 1.80 bits per heavy atom. The first-order chi connectivity index (χ1) is 14.2. The minimum Gasteiger partial charge on any atom is -0.478 e.